The average molecular weight is 409 g/mol. The fraction of sp³-hybridized carbons (Fsp3) is 0.926. The minimum atomic E-state index is 0.426. The van der Waals surface area contributed by atoms with Crippen LogP contribution in [0.4, 0.5) is 0 Å². The molecule has 2 heteroatoms. The number of hydrogen-bond donors (Lipinski definition) is 1. The zero-order valence-electron chi connectivity index (χ0n) is 20.8. The first-order valence-corrected chi connectivity index (χ1v) is 13.2. The van der Waals surface area contributed by atoms with E-state index in [0.29, 0.717) is 5.41 Å². The molecule has 2 N–H and O–H groups in total. The Morgan fingerprint density at radius 2 is 1.14 bits per heavy atom. The van der Waals surface area contributed by atoms with Crippen molar-refractivity contribution in [1.29, 1.82) is 0 Å². The summed E-state index contributed by atoms with van der Waals surface area (Å²) in [5, 5.41) is 0. The highest BCUT2D eigenvalue weighted by Gasteiger charge is 2.19. The summed E-state index contributed by atoms with van der Waals surface area (Å²) >= 11 is 0. The minimum absolute atomic E-state index is 0.426. The van der Waals surface area contributed by atoms with E-state index in [1.807, 2.05) is 0 Å². The van der Waals surface area contributed by atoms with Crippen molar-refractivity contribution >= 4 is 0 Å². The summed E-state index contributed by atoms with van der Waals surface area (Å²) in [6, 6.07) is 0. The van der Waals surface area contributed by atoms with E-state index in [2.05, 4.69) is 44.9 Å². The Bertz CT molecular complexity index is 340. The molecule has 0 aromatic heterocycles. The van der Waals surface area contributed by atoms with Crippen LogP contribution in [0, 0.1) is 5.41 Å². The van der Waals surface area contributed by atoms with Crippen LogP contribution in [0.25, 0.3) is 0 Å². The molecule has 0 fully saturated rings. The van der Waals surface area contributed by atoms with E-state index >= 15 is 0 Å². The molecule has 0 saturated carbocycles. The van der Waals surface area contributed by atoms with Gasteiger partial charge in [0.25, 0.3) is 0 Å². The van der Waals surface area contributed by atoms with E-state index in [0.717, 1.165) is 6.54 Å². The Hall–Kier alpha value is -0.500. The van der Waals surface area contributed by atoms with E-state index in [1.165, 1.54) is 122 Å². The number of hydrogen-bond acceptors (Lipinski definition) is 2. The van der Waals surface area contributed by atoms with Gasteiger partial charge in [0, 0.05) is 13.1 Å². The van der Waals surface area contributed by atoms with Crippen LogP contribution in [-0.2, 0) is 0 Å². The third-order valence-corrected chi connectivity index (χ3v) is 6.14. The lowest BCUT2D eigenvalue weighted by Gasteiger charge is -2.32. The van der Waals surface area contributed by atoms with Crippen LogP contribution in [0.1, 0.15) is 137 Å². The predicted molar refractivity (Wildman–Crippen MR) is 133 cm³/mol. The molecular formula is C27H56N2. The van der Waals surface area contributed by atoms with Crippen LogP contribution in [0.2, 0.25) is 0 Å². The first-order chi connectivity index (χ1) is 14.1. The summed E-state index contributed by atoms with van der Waals surface area (Å²) < 4.78 is 0. The molecule has 0 bridgehead atoms. The maximum Gasteiger partial charge on any atom is 0.0180 e. The molecule has 0 aromatic rings. The molecule has 0 spiro atoms. The first-order valence-electron chi connectivity index (χ1n) is 13.2. The van der Waals surface area contributed by atoms with Crippen LogP contribution in [0.15, 0.2) is 12.3 Å². The monoisotopic (exact) mass is 408 g/mol. The lowest BCUT2D eigenvalue weighted by atomic mass is 9.87. The number of allylic oxidation sites excluding steroid dienone is 1. The summed E-state index contributed by atoms with van der Waals surface area (Å²) in [4.78, 5) is 2.50. The van der Waals surface area contributed by atoms with Crippen molar-refractivity contribution in [2.24, 2.45) is 11.1 Å². The van der Waals surface area contributed by atoms with Gasteiger partial charge in [-0.3, -0.25) is 0 Å². The predicted octanol–water partition coefficient (Wildman–Crippen LogP) is 8.46. The second-order valence-corrected chi connectivity index (χ2v) is 9.83. The minimum Gasteiger partial charge on any atom is -0.378 e. The molecule has 174 valence electrons. The second kappa shape index (κ2) is 20.8. The van der Waals surface area contributed by atoms with Gasteiger partial charge < -0.3 is 10.6 Å². The topological polar surface area (TPSA) is 29.3 Å². The normalized spacial score (nSPS) is 15.3. The van der Waals surface area contributed by atoms with Crippen molar-refractivity contribution < 1.29 is 0 Å². The van der Waals surface area contributed by atoms with Gasteiger partial charge in [-0.1, -0.05) is 124 Å². The van der Waals surface area contributed by atoms with E-state index < -0.39 is 0 Å². The third-order valence-electron chi connectivity index (χ3n) is 6.14. The molecule has 0 aromatic carbocycles. The summed E-state index contributed by atoms with van der Waals surface area (Å²) in [6.45, 7) is 12.6. The summed E-state index contributed by atoms with van der Waals surface area (Å²) in [7, 11) is 0. The molecule has 0 aliphatic carbocycles. The van der Waals surface area contributed by atoms with Gasteiger partial charge in [-0.05, 0) is 37.4 Å². The molecule has 0 unspecified atom stereocenters. The van der Waals surface area contributed by atoms with Crippen molar-refractivity contribution in [2.45, 2.75) is 137 Å². The Balaban J connectivity index is 0.000000614. The molecule has 0 radical (unpaired) electrons. The highest BCUT2D eigenvalue weighted by Crippen LogP contribution is 2.26. The van der Waals surface area contributed by atoms with Gasteiger partial charge in [0.05, 0.1) is 0 Å². The van der Waals surface area contributed by atoms with Crippen LogP contribution in [-0.4, -0.2) is 24.5 Å². The van der Waals surface area contributed by atoms with Gasteiger partial charge in [0.1, 0.15) is 0 Å². The van der Waals surface area contributed by atoms with Gasteiger partial charge in [-0.25, -0.2) is 0 Å². The lowest BCUT2D eigenvalue weighted by molar-refractivity contribution is 0.273. The third kappa shape index (κ3) is 20.5. The average Bonchev–Trinajstić information content (AvgIpc) is 2.71. The fourth-order valence-electron chi connectivity index (χ4n) is 3.81. The van der Waals surface area contributed by atoms with E-state index in [-0.39, 0.29) is 0 Å². The van der Waals surface area contributed by atoms with Gasteiger partial charge in [0.2, 0.25) is 0 Å². The molecule has 1 aliphatic rings. The smallest absolute Gasteiger partial charge is 0.0180 e. The SMILES string of the molecule is CCCCCCCCCCN.CCCCCCCCCCN1C=CC(C)(C)CC1. The number of unbranched alkanes of at least 4 members (excludes halogenated alkanes) is 14. The highest BCUT2D eigenvalue weighted by molar-refractivity contribution is 4.99. The number of nitrogens with two attached hydrogens (primary N) is 1. The summed E-state index contributed by atoms with van der Waals surface area (Å²) in [6.07, 6.45) is 28.3. The fourth-order valence-corrected chi connectivity index (χ4v) is 3.81. The van der Waals surface area contributed by atoms with Crippen molar-refractivity contribution in [2.75, 3.05) is 19.6 Å². The van der Waals surface area contributed by atoms with Gasteiger partial charge in [0.15, 0.2) is 0 Å². The maximum atomic E-state index is 5.39. The van der Waals surface area contributed by atoms with Crippen molar-refractivity contribution in [1.82, 2.24) is 4.90 Å². The van der Waals surface area contributed by atoms with Crippen molar-refractivity contribution in [3.63, 3.8) is 0 Å². The quantitative estimate of drug-likeness (QED) is 0.244. The molecule has 0 amide bonds. The van der Waals surface area contributed by atoms with E-state index in [9.17, 15) is 0 Å². The standard InChI is InChI=1S/C17H33N.C10H23N/c1-4-5-6-7-8-9-10-11-14-18-15-12-17(2,3)13-16-18;1-2-3-4-5-6-7-8-9-10-11/h12,15H,4-11,13-14,16H2,1-3H3;2-11H2,1H3. The van der Waals surface area contributed by atoms with Crippen LogP contribution >= 0.6 is 0 Å². The Morgan fingerprint density at radius 3 is 1.55 bits per heavy atom. The highest BCUT2D eigenvalue weighted by atomic mass is 15.1. The largest absolute Gasteiger partial charge is 0.378 e. The Morgan fingerprint density at radius 1 is 0.690 bits per heavy atom. The van der Waals surface area contributed by atoms with Gasteiger partial charge in [-0.15, -0.1) is 0 Å². The van der Waals surface area contributed by atoms with E-state index in [4.69, 9.17) is 5.73 Å². The van der Waals surface area contributed by atoms with Crippen LogP contribution < -0.4 is 5.73 Å². The zero-order chi connectivity index (χ0) is 21.6. The van der Waals surface area contributed by atoms with E-state index in [1.54, 1.807) is 0 Å². The summed E-state index contributed by atoms with van der Waals surface area (Å²) in [5.41, 5.74) is 5.82. The lowest BCUT2D eigenvalue weighted by Crippen LogP contribution is -2.29. The number of rotatable bonds is 17. The van der Waals surface area contributed by atoms with Crippen LogP contribution in [0.5, 0.6) is 0 Å². The van der Waals surface area contributed by atoms with Gasteiger partial charge in [-0.2, -0.15) is 0 Å². The Labute approximate surface area is 185 Å². The molecule has 0 saturated heterocycles. The first kappa shape index (κ1) is 28.5. The second-order valence-electron chi connectivity index (χ2n) is 9.83. The maximum absolute atomic E-state index is 5.39. The van der Waals surface area contributed by atoms with Crippen molar-refractivity contribution in [3.8, 4) is 0 Å². The van der Waals surface area contributed by atoms with Crippen LogP contribution in [0.3, 0.4) is 0 Å². The molecule has 1 rings (SSSR count). The Kier molecular flexibility index (Phi) is 20.4. The summed E-state index contributed by atoms with van der Waals surface area (Å²) in [5.74, 6) is 0. The number of nitrogens with zero attached hydrogens (tertiary/aromatic N) is 1. The molecule has 29 heavy (non-hydrogen) atoms. The molecule has 1 heterocycles. The molecule has 1 aliphatic heterocycles. The van der Waals surface area contributed by atoms with Gasteiger partial charge >= 0.3 is 0 Å². The van der Waals surface area contributed by atoms with Crippen molar-refractivity contribution in [3.05, 3.63) is 12.3 Å². The molecule has 2 nitrogen and oxygen atoms in total. The zero-order valence-corrected chi connectivity index (χ0v) is 20.8. The molecule has 0 atom stereocenters. The molecular weight excluding hydrogens is 352 g/mol.